The minimum atomic E-state index is 0. The van der Waals surface area contributed by atoms with Crippen molar-refractivity contribution in [3.63, 3.8) is 0 Å². The summed E-state index contributed by atoms with van der Waals surface area (Å²) in [4.78, 5) is 8.99. The fourth-order valence-electron chi connectivity index (χ4n) is 3.59. The van der Waals surface area contributed by atoms with E-state index in [9.17, 15) is 0 Å². The molecule has 0 aliphatic heterocycles. The lowest BCUT2D eigenvalue weighted by Crippen LogP contribution is -2.37. The third-order valence-electron chi connectivity index (χ3n) is 5.06. The normalized spacial score (nSPS) is 11.2. The number of halogens is 1. The molecule has 4 rings (SSSR count). The van der Waals surface area contributed by atoms with E-state index >= 15 is 0 Å². The van der Waals surface area contributed by atoms with Gasteiger partial charge in [-0.05, 0) is 50.1 Å². The van der Waals surface area contributed by atoms with E-state index in [1.54, 1.807) is 0 Å². The third kappa shape index (κ3) is 6.19. The predicted molar refractivity (Wildman–Crippen MR) is 142 cm³/mol. The number of rotatable bonds is 7. The van der Waals surface area contributed by atoms with E-state index in [4.69, 9.17) is 4.99 Å². The number of aryl methyl sites for hydroxylation is 2. The van der Waals surface area contributed by atoms with Crippen LogP contribution >= 0.6 is 24.0 Å². The summed E-state index contributed by atoms with van der Waals surface area (Å²) in [6.45, 7) is 8.11. The molecule has 33 heavy (non-hydrogen) atoms. The van der Waals surface area contributed by atoms with Crippen LogP contribution in [0.5, 0.6) is 0 Å². The number of H-pyrrole nitrogens is 1. The average Bonchev–Trinajstić information content (AvgIpc) is 3.46. The molecule has 0 saturated carbocycles. The van der Waals surface area contributed by atoms with Crippen LogP contribution < -0.4 is 10.6 Å². The summed E-state index contributed by atoms with van der Waals surface area (Å²) in [7, 11) is 0. The molecule has 0 radical (unpaired) electrons. The van der Waals surface area contributed by atoms with E-state index in [1.807, 2.05) is 35.9 Å². The van der Waals surface area contributed by atoms with Crippen molar-refractivity contribution >= 4 is 29.9 Å². The van der Waals surface area contributed by atoms with Crippen molar-refractivity contribution in [2.45, 2.75) is 33.9 Å². The van der Waals surface area contributed by atoms with Gasteiger partial charge < -0.3 is 10.6 Å². The number of para-hydroxylation sites is 1. The topological polar surface area (TPSA) is 95.8 Å². The number of benzene rings is 2. The fourth-order valence-corrected chi connectivity index (χ4v) is 3.59. The van der Waals surface area contributed by atoms with Gasteiger partial charge in [0.1, 0.15) is 6.33 Å². The molecule has 8 nitrogen and oxygen atoms in total. The zero-order valence-electron chi connectivity index (χ0n) is 19.0. The molecule has 4 aromatic rings. The van der Waals surface area contributed by atoms with Crippen LogP contribution in [0.25, 0.3) is 17.1 Å². The molecule has 2 heterocycles. The van der Waals surface area contributed by atoms with Crippen LogP contribution in [-0.2, 0) is 13.1 Å². The summed E-state index contributed by atoms with van der Waals surface area (Å²) in [5.74, 6) is 1.52. The van der Waals surface area contributed by atoms with Crippen LogP contribution in [-0.4, -0.2) is 37.5 Å². The summed E-state index contributed by atoms with van der Waals surface area (Å²) < 4.78 is 1.99. The van der Waals surface area contributed by atoms with Crippen LogP contribution in [0.2, 0.25) is 0 Å². The van der Waals surface area contributed by atoms with Crippen molar-refractivity contribution < 1.29 is 0 Å². The molecule has 0 unspecified atom stereocenters. The summed E-state index contributed by atoms with van der Waals surface area (Å²) in [6, 6.07) is 18.5. The summed E-state index contributed by atoms with van der Waals surface area (Å²) >= 11 is 0. The highest BCUT2D eigenvalue weighted by atomic mass is 127. The number of hydrogen-bond acceptors (Lipinski definition) is 4. The van der Waals surface area contributed by atoms with Crippen LogP contribution in [0.3, 0.4) is 0 Å². The maximum Gasteiger partial charge on any atom is 0.191 e. The van der Waals surface area contributed by atoms with Crippen LogP contribution in [0.4, 0.5) is 0 Å². The van der Waals surface area contributed by atoms with Crippen molar-refractivity contribution in [2.75, 3.05) is 6.54 Å². The Balaban J connectivity index is 0.00000306. The second-order valence-electron chi connectivity index (χ2n) is 7.55. The first-order valence-electron chi connectivity index (χ1n) is 10.7. The molecule has 0 saturated heterocycles. The first-order chi connectivity index (χ1) is 15.6. The second kappa shape index (κ2) is 11.6. The van der Waals surface area contributed by atoms with Gasteiger partial charge in [-0.1, -0.05) is 36.4 Å². The quantitative estimate of drug-likeness (QED) is 0.181. The Labute approximate surface area is 211 Å². The van der Waals surface area contributed by atoms with Crippen molar-refractivity contribution in [3.05, 3.63) is 83.4 Å². The lowest BCUT2D eigenvalue weighted by molar-refractivity contribution is 0.783. The third-order valence-corrected chi connectivity index (χ3v) is 5.06. The standard InChI is InChI=1S/C24H28N8.HI/c1-4-25-24(26-14-19-8-7-10-20(13-19)23-28-16-29-30-23)27-15-21-9-5-6-11-22(21)32-18(3)12-17(2)31-32;/h5-13,16H,4,14-15H2,1-3H3,(H2,25,26,27)(H,28,29,30);1H. The van der Waals surface area contributed by atoms with Crippen LogP contribution in [0, 0.1) is 13.8 Å². The van der Waals surface area contributed by atoms with Gasteiger partial charge in [-0.25, -0.2) is 14.7 Å². The minimum Gasteiger partial charge on any atom is -0.357 e. The van der Waals surface area contributed by atoms with Gasteiger partial charge in [0.15, 0.2) is 11.8 Å². The first kappa shape index (κ1) is 24.4. The monoisotopic (exact) mass is 556 g/mol. The Hall–Kier alpha value is -3.21. The van der Waals surface area contributed by atoms with Crippen molar-refractivity contribution in [3.8, 4) is 17.1 Å². The molecule has 0 atom stereocenters. The number of nitrogens with one attached hydrogen (secondary N) is 3. The maximum atomic E-state index is 4.77. The lowest BCUT2D eigenvalue weighted by atomic mass is 10.1. The highest BCUT2D eigenvalue weighted by Crippen LogP contribution is 2.18. The number of aromatic amines is 1. The number of hydrogen-bond donors (Lipinski definition) is 3. The minimum absolute atomic E-state index is 0. The molecule has 2 aromatic carbocycles. The summed E-state index contributed by atoms with van der Waals surface area (Å²) in [6.07, 6.45) is 1.51. The van der Waals surface area contributed by atoms with E-state index in [0.717, 1.165) is 52.1 Å². The Morgan fingerprint density at radius 3 is 2.64 bits per heavy atom. The van der Waals surface area contributed by atoms with Crippen LogP contribution in [0.1, 0.15) is 29.4 Å². The molecule has 9 heteroatoms. The van der Waals surface area contributed by atoms with Crippen molar-refractivity contribution in [2.24, 2.45) is 4.99 Å². The van der Waals surface area contributed by atoms with E-state index in [1.165, 1.54) is 6.33 Å². The Morgan fingerprint density at radius 1 is 1.06 bits per heavy atom. The van der Waals surface area contributed by atoms with Gasteiger partial charge in [-0.3, -0.25) is 5.10 Å². The smallest absolute Gasteiger partial charge is 0.191 e. The zero-order chi connectivity index (χ0) is 22.3. The van der Waals surface area contributed by atoms with Gasteiger partial charge >= 0.3 is 0 Å². The fraction of sp³-hybridized carbons (Fsp3) is 0.250. The van der Waals surface area contributed by atoms with Crippen molar-refractivity contribution in [1.82, 2.24) is 35.6 Å². The molecular formula is C24H29IN8. The molecule has 0 fully saturated rings. The molecule has 172 valence electrons. The highest BCUT2D eigenvalue weighted by Gasteiger charge is 2.09. The lowest BCUT2D eigenvalue weighted by Gasteiger charge is -2.15. The SMILES string of the molecule is CCNC(=NCc1cccc(-c2ncn[nH]2)c1)NCc1ccccc1-n1nc(C)cc1C.I. The van der Waals surface area contributed by atoms with Gasteiger partial charge in [-0.15, -0.1) is 24.0 Å². The number of aliphatic imine (C=N–C) groups is 1. The van der Waals surface area contributed by atoms with Gasteiger partial charge in [0, 0.05) is 24.3 Å². The number of guanidine groups is 1. The second-order valence-corrected chi connectivity index (χ2v) is 7.55. The van der Waals surface area contributed by atoms with Crippen molar-refractivity contribution in [1.29, 1.82) is 0 Å². The average molecular weight is 556 g/mol. The van der Waals surface area contributed by atoms with Crippen LogP contribution in [0.15, 0.2) is 65.9 Å². The molecule has 0 aliphatic rings. The maximum absolute atomic E-state index is 4.77. The molecule has 0 amide bonds. The van der Waals surface area contributed by atoms with E-state index in [-0.39, 0.29) is 24.0 Å². The van der Waals surface area contributed by atoms with E-state index in [0.29, 0.717) is 13.1 Å². The number of aromatic nitrogens is 5. The Morgan fingerprint density at radius 2 is 1.91 bits per heavy atom. The van der Waals surface area contributed by atoms with E-state index in [2.05, 4.69) is 75.1 Å². The largest absolute Gasteiger partial charge is 0.357 e. The van der Waals surface area contributed by atoms with Gasteiger partial charge in [0.25, 0.3) is 0 Å². The molecule has 3 N–H and O–H groups in total. The Kier molecular flexibility index (Phi) is 8.58. The Bertz CT molecular complexity index is 1200. The molecular weight excluding hydrogens is 527 g/mol. The molecule has 0 bridgehead atoms. The van der Waals surface area contributed by atoms with Gasteiger partial charge in [0.2, 0.25) is 0 Å². The summed E-state index contributed by atoms with van der Waals surface area (Å²) in [5, 5.41) is 18.2. The van der Waals surface area contributed by atoms with Gasteiger partial charge in [-0.2, -0.15) is 10.2 Å². The number of nitrogens with zero attached hydrogens (tertiary/aromatic N) is 5. The zero-order valence-corrected chi connectivity index (χ0v) is 21.4. The van der Waals surface area contributed by atoms with E-state index < -0.39 is 0 Å². The van der Waals surface area contributed by atoms with Gasteiger partial charge in [0.05, 0.1) is 17.9 Å². The predicted octanol–water partition coefficient (Wildman–Crippen LogP) is 4.15. The summed E-state index contributed by atoms with van der Waals surface area (Å²) in [5.41, 5.74) is 6.43. The first-order valence-corrected chi connectivity index (χ1v) is 10.7. The molecule has 2 aromatic heterocycles. The molecule has 0 aliphatic carbocycles. The highest BCUT2D eigenvalue weighted by molar-refractivity contribution is 14.0. The molecule has 0 spiro atoms.